The van der Waals surface area contributed by atoms with Gasteiger partial charge in [-0.15, -0.1) is 29.1 Å². The summed E-state index contributed by atoms with van der Waals surface area (Å²) in [5.74, 6) is 3.73. The Hall–Kier alpha value is -5.32. The molecule has 4 heterocycles. The van der Waals surface area contributed by atoms with E-state index in [1.165, 1.54) is 50.4 Å². The van der Waals surface area contributed by atoms with Crippen molar-refractivity contribution in [2.45, 2.75) is 118 Å². The van der Waals surface area contributed by atoms with Crippen LogP contribution in [0.5, 0.6) is 11.5 Å². The zero-order chi connectivity index (χ0) is 45.6. The second-order valence-electron chi connectivity index (χ2n) is 20.4. The molecule has 0 amide bonds. The molecule has 0 radical (unpaired) electrons. The molecule has 0 saturated carbocycles. The maximum Gasteiger partial charge on any atom is 0.225 e. The van der Waals surface area contributed by atoms with Crippen molar-refractivity contribution in [2.24, 2.45) is 0 Å². The van der Waals surface area contributed by atoms with Crippen molar-refractivity contribution in [3.63, 3.8) is 0 Å². The molecule has 1 saturated heterocycles. The first kappa shape index (κ1) is 45.8. The van der Waals surface area contributed by atoms with E-state index in [9.17, 15) is 0 Å². The Kier molecular flexibility index (Phi) is 11.9. The molecule has 8 aromatic rings. The summed E-state index contributed by atoms with van der Waals surface area (Å²) in [6.07, 6.45) is 4.16. The van der Waals surface area contributed by atoms with E-state index in [2.05, 4.69) is 221 Å². The van der Waals surface area contributed by atoms with E-state index in [0.717, 1.165) is 51.7 Å². The first-order chi connectivity index (χ1) is 31.2. The van der Waals surface area contributed by atoms with Crippen LogP contribution in [0.3, 0.4) is 0 Å². The molecule has 2 aliphatic heterocycles. The van der Waals surface area contributed by atoms with Crippen LogP contribution < -0.4 is 13.9 Å². The van der Waals surface area contributed by atoms with Gasteiger partial charge in [-0.25, -0.2) is 9.58 Å². The predicted molar refractivity (Wildman–Crippen MR) is 273 cm³/mol. The Morgan fingerprint density at radius 2 is 1.33 bits per heavy atom. The van der Waals surface area contributed by atoms with Crippen LogP contribution in [-0.4, -0.2) is 9.55 Å². The van der Waals surface area contributed by atoms with Crippen molar-refractivity contribution in [1.29, 1.82) is 0 Å². The van der Waals surface area contributed by atoms with Gasteiger partial charge in [-0.3, -0.25) is 0 Å². The van der Waals surface area contributed by atoms with E-state index < -0.39 is 0 Å². The molecule has 2 aliphatic rings. The number of para-hydroxylation sites is 3. The summed E-state index contributed by atoms with van der Waals surface area (Å²) in [5.41, 5.74) is 16.1. The largest absolute Gasteiger partial charge is 0.509 e. The number of ether oxygens (including phenoxy) is 1. The maximum absolute atomic E-state index is 7.13. The summed E-state index contributed by atoms with van der Waals surface area (Å²) >= 11 is 0. The number of pyridine rings is 1. The predicted octanol–water partition coefficient (Wildman–Crippen LogP) is 17.1. The van der Waals surface area contributed by atoms with Crippen LogP contribution in [0.4, 0.5) is 22.7 Å². The van der Waals surface area contributed by atoms with E-state index in [4.69, 9.17) is 9.72 Å². The average molecular weight is 1050 g/mol. The molecule has 6 heteroatoms. The van der Waals surface area contributed by atoms with Gasteiger partial charge in [0, 0.05) is 68.5 Å². The molecular formula is C60H63N4OPt-. The Bertz CT molecular complexity index is 3100. The molecule has 0 bridgehead atoms. The molecule has 0 N–H and O–H groups in total. The van der Waals surface area contributed by atoms with Crippen LogP contribution in [0.2, 0.25) is 0 Å². The summed E-state index contributed by atoms with van der Waals surface area (Å²) in [5, 5.41) is 2.26. The Balaban J connectivity index is 0.00000548. The van der Waals surface area contributed by atoms with E-state index in [1.54, 1.807) is 0 Å². The molecule has 0 spiro atoms. The van der Waals surface area contributed by atoms with Gasteiger partial charge in [0.15, 0.2) is 12.4 Å². The van der Waals surface area contributed by atoms with Crippen molar-refractivity contribution in [3.05, 3.63) is 174 Å². The minimum atomic E-state index is -0.0303. The van der Waals surface area contributed by atoms with Crippen molar-refractivity contribution >= 4 is 44.6 Å². The van der Waals surface area contributed by atoms with Gasteiger partial charge in [0.25, 0.3) is 0 Å². The molecular weight excluding hydrogens is 988 g/mol. The molecule has 6 aromatic carbocycles. The number of fused-ring (bicyclic) bond motifs is 7. The van der Waals surface area contributed by atoms with Crippen LogP contribution in [-0.2, 0) is 26.5 Å². The average Bonchev–Trinajstić information content (AvgIpc) is 3.79. The minimum absolute atomic E-state index is 0. The van der Waals surface area contributed by atoms with Gasteiger partial charge in [0.2, 0.25) is 11.4 Å². The third-order valence-corrected chi connectivity index (χ3v) is 14.4. The van der Waals surface area contributed by atoms with Crippen LogP contribution in [0.1, 0.15) is 140 Å². The number of quaternary nitrogens is 2. The summed E-state index contributed by atoms with van der Waals surface area (Å²) in [6.45, 7) is 27.7. The van der Waals surface area contributed by atoms with Crippen LogP contribution in [0.25, 0.3) is 38.8 Å². The maximum atomic E-state index is 7.13. The first-order valence-corrected chi connectivity index (χ1v) is 23.9. The number of rotatable bonds is 12. The Labute approximate surface area is 407 Å². The number of aromatic nitrogens is 2. The standard InChI is InChI=1S/C60H63N4O.Pt/c1-12-41(13-2)42-19-18-20-46(29-42)63-37-64(63,57-24-17-16-23-56(57)63)47-30-44(59-52(39(5)6)32-43(38(3)4)33-53(59)40(7)8)31-49(35-47)65-48-25-26-51-50-21-14-15-22-54(50)62(55(51)36-48)58-34-45(27-28-61-58)60(9,10)11;/h14-34,37-41H,12-13H2,1-11H3;/q-1;/t63-,64?;/m0./s1. The van der Waals surface area contributed by atoms with Crippen molar-refractivity contribution in [2.75, 3.05) is 0 Å². The smallest absolute Gasteiger partial charge is 0.225 e. The fraction of sp³-hybridized carbons (Fsp3) is 0.300. The van der Waals surface area contributed by atoms with E-state index in [-0.39, 0.29) is 26.5 Å². The van der Waals surface area contributed by atoms with Gasteiger partial charge < -0.3 is 9.30 Å². The third kappa shape index (κ3) is 7.20. The van der Waals surface area contributed by atoms with Gasteiger partial charge in [-0.1, -0.05) is 148 Å². The molecule has 1 unspecified atom stereocenters. The van der Waals surface area contributed by atoms with E-state index >= 15 is 0 Å². The molecule has 340 valence electrons. The SMILES string of the molecule is CCC(CC)c1cccc([N@+]23[CH-][N+]2(c2[c-]c(Oc4[c-]c5c(cc4)c4ccccc4n5-c4cc(C(C)(C)C)ccn4)cc(-c4c(C(C)C)cc(C(C)C)cc4C(C)C)c2)c2ccccc23)c1.[Pt]. The quantitative estimate of drug-likeness (QED) is 0.0693. The zero-order valence-corrected chi connectivity index (χ0v) is 42.7. The molecule has 2 aromatic heterocycles. The minimum Gasteiger partial charge on any atom is -0.509 e. The van der Waals surface area contributed by atoms with Crippen molar-refractivity contribution in [1.82, 2.24) is 18.7 Å². The van der Waals surface area contributed by atoms with Crippen molar-refractivity contribution < 1.29 is 25.8 Å². The fourth-order valence-electron chi connectivity index (χ4n) is 10.7. The Morgan fingerprint density at radius 3 is 2.00 bits per heavy atom. The van der Waals surface area contributed by atoms with Crippen LogP contribution in [0, 0.1) is 18.8 Å². The first-order valence-electron chi connectivity index (χ1n) is 23.9. The fourth-order valence-corrected chi connectivity index (χ4v) is 10.7. The number of nitrogens with zero attached hydrogens (tertiary/aromatic N) is 4. The van der Waals surface area contributed by atoms with Gasteiger partial charge in [-0.05, 0) is 98.9 Å². The summed E-state index contributed by atoms with van der Waals surface area (Å²) < 4.78 is 10.5. The van der Waals surface area contributed by atoms with E-state index in [1.807, 2.05) is 6.20 Å². The van der Waals surface area contributed by atoms with Gasteiger partial charge in [0.1, 0.15) is 5.82 Å². The normalized spacial score (nSPS) is 17.6. The van der Waals surface area contributed by atoms with Gasteiger partial charge in [-0.2, -0.15) is 10.7 Å². The molecule has 0 aliphatic carbocycles. The molecule has 66 heavy (non-hydrogen) atoms. The zero-order valence-electron chi connectivity index (χ0n) is 40.4. The molecule has 5 nitrogen and oxygen atoms in total. The Morgan fingerprint density at radius 1 is 0.652 bits per heavy atom. The number of benzene rings is 6. The van der Waals surface area contributed by atoms with Gasteiger partial charge in [0.05, 0.1) is 5.69 Å². The monoisotopic (exact) mass is 1050 g/mol. The van der Waals surface area contributed by atoms with Crippen LogP contribution in [0.15, 0.2) is 128 Å². The molecule has 2 atom stereocenters. The third-order valence-electron chi connectivity index (χ3n) is 14.4. The van der Waals surface area contributed by atoms with Crippen LogP contribution >= 0.6 is 0 Å². The summed E-state index contributed by atoms with van der Waals surface area (Å²) in [4.78, 5) is 4.94. The second kappa shape index (κ2) is 17.1. The topological polar surface area (TPSA) is 27.1 Å². The summed E-state index contributed by atoms with van der Waals surface area (Å²) in [6, 6.07) is 52.6. The van der Waals surface area contributed by atoms with Crippen molar-refractivity contribution in [3.8, 4) is 28.4 Å². The molecule has 1 fully saturated rings. The number of hydrogen-bond acceptors (Lipinski definition) is 2. The van der Waals surface area contributed by atoms with Gasteiger partial charge >= 0.3 is 0 Å². The molecule has 10 rings (SSSR count). The van der Waals surface area contributed by atoms with E-state index in [0.29, 0.717) is 44.4 Å². The number of hydrogen-bond donors (Lipinski definition) is 0. The second-order valence-corrected chi connectivity index (χ2v) is 20.4. The summed E-state index contributed by atoms with van der Waals surface area (Å²) in [7, 11) is 0.